The lowest BCUT2D eigenvalue weighted by Crippen LogP contribution is -2.17. The summed E-state index contributed by atoms with van der Waals surface area (Å²) in [6.07, 6.45) is 4.44. The van der Waals surface area contributed by atoms with E-state index in [4.69, 9.17) is 5.73 Å². The average molecular weight is 267 g/mol. The van der Waals surface area contributed by atoms with Gasteiger partial charge in [0.25, 0.3) is 10.0 Å². The largest absolute Gasteiger partial charge is 0.326 e. The van der Waals surface area contributed by atoms with Crippen molar-refractivity contribution in [2.75, 3.05) is 4.72 Å². The maximum Gasteiger partial charge on any atom is 0.279 e. The number of nitrogens with zero attached hydrogens (tertiary/aromatic N) is 2. The van der Waals surface area contributed by atoms with Gasteiger partial charge in [0.15, 0.2) is 5.03 Å². The SMILES string of the molecule is Cc1ccncc1NS(=O)(=O)c1[nH]ncc1CN. The van der Waals surface area contributed by atoms with E-state index in [2.05, 4.69) is 19.9 Å². The third kappa shape index (κ3) is 2.34. The highest BCUT2D eigenvalue weighted by Gasteiger charge is 2.20. The second kappa shape index (κ2) is 4.75. The Labute approximate surface area is 104 Å². The summed E-state index contributed by atoms with van der Waals surface area (Å²) in [6, 6.07) is 1.72. The fraction of sp³-hybridized carbons (Fsp3) is 0.200. The monoisotopic (exact) mass is 267 g/mol. The van der Waals surface area contributed by atoms with E-state index in [0.717, 1.165) is 5.56 Å². The molecule has 0 aliphatic carbocycles. The second-order valence-electron chi connectivity index (χ2n) is 3.72. The molecule has 18 heavy (non-hydrogen) atoms. The highest BCUT2D eigenvalue weighted by atomic mass is 32.2. The minimum atomic E-state index is -3.72. The second-order valence-corrected chi connectivity index (χ2v) is 5.34. The van der Waals surface area contributed by atoms with Gasteiger partial charge in [-0.05, 0) is 18.6 Å². The summed E-state index contributed by atoms with van der Waals surface area (Å²) in [5.74, 6) is 0. The number of sulfonamides is 1. The Balaban J connectivity index is 2.37. The molecule has 0 bridgehead atoms. The molecule has 8 heteroatoms. The Morgan fingerprint density at radius 2 is 2.22 bits per heavy atom. The van der Waals surface area contributed by atoms with Gasteiger partial charge in [-0.1, -0.05) is 0 Å². The van der Waals surface area contributed by atoms with Crippen LogP contribution >= 0.6 is 0 Å². The predicted octanol–water partition coefficient (Wildman–Crippen LogP) is 0.373. The quantitative estimate of drug-likeness (QED) is 0.740. The zero-order valence-corrected chi connectivity index (χ0v) is 10.5. The highest BCUT2D eigenvalue weighted by molar-refractivity contribution is 7.92. The molecule has 0 fully saturated rings. The topological polar surface area (TPSA) is 114 Å². The number of nitrogens with one attached hydrogen (secondary N) is 2. The number of H-pyrrole nitrogens is 1. The summed E-state index contributed by atoms with van der Waals surface area (Å²) in [5.41, 5.74) is 7.09. The number of pyridine rings is 1. The van der Waals surface area contributed by atoms with Crippen molar-refractivity contribution < 1.29 is 8.42 Å². The maximum absolute atomic E-state index is 12.1. The normalized spacial score (nSPS) is 11.4. The van der Waals surface area contributed by atoms with Crippen molar-refractivity contribution in [1.29, 1.82) is 0 Å². The van der Waals surface area contributed by atoms with E-state index >= 15 is 0 Å². The highest BCUT2D eigenvalue weighted by Crippen LogP contribution is 2.18. The van der Waals surface area contributed by atoms with E-state index in [-0.39, 0.29) is 11.6 Å². The van der Waals surface area contributed by atoms with Crippen LogP contribution in [0.15, 0.2) is 29.7 Å². The number of aryl methyl sites for hydroxylation is 1. The number of rotatable bonds is 4. The fourth-order valence-electron chi connectivity index (χ4n) is 1.44. The van der Waals surface area contributed by atoms with Gasteiger partial charge in [0, 0.05) is 18.3 Å². The lowest BCUT2D eigenvalue weighted by Gasteiger charge is -2.09. The summed E-state index contributed by atoms with van der Waals surface area (Å²) >= 11 is 0. The van der Waals surface area contributed by atoms with E-state index in [0.29, 0.717) is 11.3 Å². The average Bonchev–Trinajstić information content (AvgIpc) is 2.81. The zero-order chi connectivity index (χ0) is 13.2. The van der Waals surface area contributed by atoms with Crippen molar-refractivity contribution in [2.45, 2.75) is 18.5 Å². The van der Waals surface area contributed by atoms with E-state index in [9.17, 15) is 8.42 Å². The Morgan fingerprint density at radius 3 is 2.89 bits per heavy atom. The number of aromatic nitrogens is 3. The molecule has 2 rings (SSSR count). The molecule has 0 aliphatic heterocycles. The fourth-order valence-corrected chi connectivity index (χ4v) is 2.70. The molecule has 0 aliphatic rings. The van der Waals surface area contributed by atoms with Gasteiger partial charge in [0.2, 0.25) is 0 Å². The maximum atomic E-state index is 12.1. The van der Waals surface area contributed by atoms with Crippen molar-refractivity contribution in [1.82, 2.24) is 15.2 Å². The summed E-state index contributed by atoms with van der Waals surface area (Å²) < 4.78 is 26.7. The van der Waals surface area contributed by atoms with Crippen LogP contribution in [0.4, 0.5) is 5.69 Å². The van der Waals surface area contributed by atoms with Gasteiger partial charge >= 0.3 is 0 Å². The van der Waals surface area contributed by atoms with Crippen molar-refractivity contribution in [3.8, 4) is 0 Å². The van der Waals surface area contributed by atoms with E-state index in [1.54, 1.807) is 19.2 Å². The van der Waals surface area contributed by atoms with Gasteiger partial charge in [-0.15, -0.1) is 0 Å². The summed E-state index contributed by atoms with van der Waals surface area (Å²) in [7, 11) is -3.72. The Hall–Kier alpha value is -1.93. The van der Waals surface area contributed by atoms with Gasteiger partial charge in [0.05, 0.1) is 18.1 Å². The predicted molar refractivity (Wildman–Crippen MR) is 66.3 cm³/mol. The van der Waals surface area contributed by atoms with Crippen molar-refractivity contribution in [3.63, 3.8) is 0 Å². The lowest BCUT2D eigenvalue weighted by molar-refractivity contribution is 0.595. The lowest BCUT2D eigenvalue weighted by atomic mass is 10.3. The molecule has 0 atom stereocenters. The van der Waals surface area contributed by atoms with Crippen LogP contribution in [0.25, 0.3) is 0 Å². The molecule has 2 aromatic heterocycles. The van der Waals surface area contributed by atoms with Gasteiger partial charge in [-0.25, -0.2) is 0 Å². The minimum absolute atomic E-state index is 0.0201. The first-order valence-corrected chi connectivity index (χ1v) is 6.68. The molecule has 0 saturated carbocycles. The van der Waals surface area contributed by atoms with Crippen molar-refractivity contribution in [2.24, 2.45) is 5.73 Å². The minimum Gasteiger partial charge on any atom is -0.326 e. The number of hydrogen-bond acceptors (Lipinski definition) is 5. The number of hydrogen-bond donors (Lipinski definition) is 3. The molecule has 0 spiro atoms. The first-order chi connectivity index (χ1) is 8.54. The van der Waals surface area contributed by atoms with Crippen LogP contribution in [0.1, 0.15) is 11.1 Å². The summed E-state index contributed by atoms with van der Waals surface area (Å²) in [6.45, 7) is 1.88. The third-order valence-electron chi connectivity index (χ3n) is 2.45. The standard InChI is InChI=1S/C10H13N5O2S/c1-7-2-3-12-6-9(7)15-18(16,17)10-8(4-11)5-13-14-10/h2-3,5-6,15H,4,11H2,1H3,(H,13,14). The molecule has 4 N–H and O–H groups in total. The van der Waals surface area contributed by atoms with Crippen LogP contribution in [0.3, 0.4) is 0 Å². The molecule has 0 unspecified atom stereocenters. The zero-order valence-electron chi connectivity index (χ0n) is 9.71. The smallest absolute Gasteiger partial charge is 0.279 e. The van der Waals surface area contributed by atoms with Crippen LogP contribution in [0, 0.1) is 6.92 Å². The van der Waals surface area contributed by atoms with Gasteiger partial charge in [-0.2, -0.15) is 13.5 Å². The molecule has 0 amide bonds. The van der Waals surface area contributed by atoms with Crippen LogP contribution < -0.4 is 10.5 Å². The molecule has 0 aromatic carbocycles. The number of anilines is 1. The van der Waals surface area contributed by atoms with Crippen molar-refractivity contribution >= 4 is 15.7 Å². The van der Waals surface area contributed by atoms with Crippen LogP contribution in [0.2, 0.25) is 0 Å². The van der Waals surface area contributed by atoms with Gasteiger partial charge in [0.1, 0.15) is 0 Å². The van der Waals surface area contributed by atoms with E-state index < -0.39 is 10.0 Å². The number of nitrogens with two attached hydrogens (primary N) is 1. The molecule has 7 nitrogen and oxygen atoms in total. The Kier molecular flexibility index (Phi) is 3.30. The molecule has 0 saturated heterocycles. The van der Waals surface area contributed by atoms with Crippen LogP contribution in [0.5, 0.6) is 0 Å². The molecule has 0 radical (unpaired) electrons. The molecule has 2 heterocycles. The first-order valence-electron chi connectivity index (χ1n) is 5.20. The first kappa shape index (κ1) is 12.5. The molecular formula is C10H13N5O2S. The Bertz CT molecular complexity index is 650. The van der Waals surface area contributed by atoms with Crippen LogP contribution in [-0.4, -0.2) is 23.6 Å². The summed E-state index contributed by atoms with van der Waals surface area (Å²) in [5, 5.41) is 6.10. The van der Waals surface area contributed by atoms with Gasteiger partial charge in [-0.3, -0.25) is 14.8 Å². The van der Waals surface area contributed by atoms with E-state index in [1.807, 2.05) is 0 Å². The van der Waals surface area contributed by atoms with Gasteiger partial charge < -0.3 is 5.73 Å². The molecule has 2 aromatic rings. The van der Waals surface area contributed by atoms with Crippen LogP contribution in [-0.2, 0) is 16.6 Å². The molecular weight excluding hydrogens is 254 g/mol. The number of aromatic amines is 1. The Morgan fingerprint density at radius 1 is 1.44 bits per heavy atom. The summed E-state index contributed by atoms with van der Waals surface area (Å²) in [4.78, 5) is 3.88. The molecule has 96 valence electrons. The van der Waals surface area contributed by atoms with Crippen molar-refractivity contribution in [3.05, 3.63) is 35.8 Å². The van der Waals surface area contributed by atoms with E-state index in [1.165, 1.54) is 12.4 Å². The third-order valence-corrected chi connectivity index (χ3v) is 3.83.